The summed E-state index contributed by atoms with van der Waals surface area (Å²) >= 11 is 5.54. The van der Waals surface area contributed by atoms with E-state index in [0.717, 1.165) is 5.02 Å². The van der Waals surface area contributed by atoms with Gasteiger partial charge in [-0.25, -0.2) is 0 Å². The monoisotopic (exact) mass is 127 g/mol. The molecule has 1 aromatic carbocycles. The Morgan fingerprint density at radius 1 is 1.00 bits per heavy atom. The Hall–Kier alpha value is -0.490. The zero-order valence-electron chi connectivity index (χ0n) is 4.76. The zero-order valence-corrected chi connectivity index (χ0v) is 5.52. The Kier molecular flexibility index (Phi) is 3.29. The topological polar surface area (TPSA) is 0 Å². The van der Waals surface area contributed by atoms with Crippen molar-refractivity contribution in [2.75, 3.05) is 0 Å². The van der Waals surface area contributed by atoms with Gasteiger partial charge >= 0.3 is 0 Å². The van der Waals surface area contributed by atoms with Crippen LogP contribution in [0.4, 0.5) is 0 Å². The fourth-order valence-corrected chi connectivity index (χ4v) is 0.560. The van der Waals surface area contributed by atoms with E-state index < -0.39 is 0 Å². The van der Waals surface area contributed by atoms with Crippen molar-refractivity contribution in [1.29, 1.82) is 0 Å². The first kappa shape index (κ1) is 7.51. The molecule has 0 amide bonds. The molecule has 0 fully saturated rings. The lowest BCUT2D eigenvalue weighted by Crippen LogP contribution is -1.55. The average Bonchev–Trinajstić information content (AvgIpc) is 1.69. The van der Waals surface area contributed by atoms with Crippen LogP contribution in [0.1, 0.15) is 0 Å². The van der Waals surface area contributed by atoms with Gasteiger partial charge in [-0.2, -0.15) is 0 Å². The van der Waals surface area contributed by atoms with Gasteiger partial charge in [0, 0.05) is 5.02 Å². The third-order valence-electron chi connectivity index (χ3n) is 0.733. The van der Waals surface area contributed by atoms with Gasteiger partial charge in [-0.3, -0.25) is 0 Å². The molecule has 0 atom stereocenters. The molecule has 1 aromatic rings. The fourth-order valence-electron chi connectivity index (χ4n) is 0.415. The summed E-state index contributed by atoms with van der Waals surface area (Å²) in [6.45, 7) is 0. The Bertz CT molecular complexity index is 134. The SMILES string of the molecule is Clc1ccccc1.[CH3]. The van der Waals surface area contributed by atoms with Crippen LogP contribution in [0, 0.1) is 7.43 Å². The second-order valence-corrected chi connectivity index (χ2v) is 1.73. The third-order valence-corrected chi connectivity index (χ3v) is 0.985. The fraction of sp³-hybridized carbons (Fsp3) is 0. The molecule has 1 rings (SSSR count). The van der Waals surface area contributed by atoms with E-state index in [9.17, 15) is 0 Å². The number of halogens is 1. The highest BCUT2D eigenvalue weighted by Crippen LogP contribution is 2.03. The van der Waals surface area contributed by atoms with Crippen molar-refractivity contribution in [3.8, 4) is 0 Å². The lowest BCUT2D eigenvalue weighted by Gasteiger charge is -1.80. The Balaban J connectivity index is 0.000000490. The number of benzene rings is 1. The molecule has 0 heterocycles. The summed E-state index contributed by atoms with van der Waals surface area (Å²) in [6.07, 6.45) is 0. The summed E-state index contributed by atoms with van der Waals surface area (Å²) in [5, 5.41) is 0.794. The normalized spacial score (nSPS) is 7.62. The van der Waals surface area contributed by atoms with E-state index >= 15 is 0 Å². The average molecular weight is 128 g/mol. The van der Waals surface area contributed by atoms with E-state index in [4.69, 9.17) is 11.6 Å². The quantitative estimate of drug-likeness (QED) is 0.503. The molecule has 8 heavy (non-hydrogen) atoms. The molecule has 0 aliphatic carbocycles. The van der Waals surface area contributed by atoms with Crippen molar-refractivity contribution >= 4 is 11.6 Å². The van der Waals surface area contributed by atoms with Crippen molar-refractivity contribution in [2.45, 2.75) is 0 Å². The number of hydrogen-bond acceptors (Lipinski definition) is 0. The highest BCUT2D eigenvalue weighted by Gasteiger charge is 1.74. The van der Waals surface area contributed by atoms with Crippen LogP contribution in [0.2, 0.25) is 5.02 Å². The van der Waals surface area contributed by atoms with Crippen LogP contribution < -0.4 is 0 Å². The van der Waals surface area contributed by atoms with E-state index in [1.807, 2.05) is 30.3 Å². The summed E-state index contributed by atoms with van der Waals surface area (Å²) in [6, 6.07) is 9.44. The first-order valence-corrected chi connectivity index (χ1v) is 2.48. The minimum atomic E-state index is 0. The van der Waals surface area contributed by atoms with Crippen molar-refractivity contribution in [2.24, 2.45) is 0 Å². The maximum Gasteiger partial charge on any atom is 0.0405 e. The number of rotatable bonds is 0. The molecule has 0 unspecified atom stereocenters. The van der Waals surface area contributed by atoms with Crippen LogP contribution in [0.3, 0.4) is 0 Å². The highest BCUT2D eigenvalue weighted by molar-refractivity contribution is 6.30. The first-order valence-electron chi connectivity index (χ1n) is 2.10. The van der Waals surface area contributed by atoms with Crippen LogP contribution in [0.15, 0.2) is 30.3 Å². The molecule has 43 valence electrons. The van der Waals surface area contributed by atoms with E-state index in [2.05, 4.69) is 0 Å². The molecule has 0 aliphatic rings. The Morgan fingerprint density at radius 3 is 1.75 bits per heavy atom. The molecule has 1 radical (unpaired) electrons. The van der Waals surface area contributed by atoms with Gasteiger partial charge in [0.15, 0.2) is 0 Å². The lowest BCUT2D eigenvalue weighted by molar-refractivity contribution is 1.71. The van der Waals surface area contributed by atoms with Gasteiger partial charge in [-0.1, -0.05) is 37.2 Å². The predicted molar refractivity (Wildman–Crippen MR) is 37.9 cm³/mol. The van der Waals surface area contributed by atoms with E-state index in [0.29, 0.717) is 0 Å². The van der Waals surface area contributed by atoms with Crippen LogP contribution in [0.5, 0.6) is 0 Å². The third kappa shape index (κ3) is 1.99. The standard InChI is InChI=1S/C6H5Cl.CH3/c7-6-4-2-1-3-5-6;/h1-5H;1H3. The second kappa shape index (κ2) is 3.50. The molecule has 0 saturated heterocycles. The van der Waals surface area contributed by atoms with E-state index in [1.165, 1.54) is 0 Å². The minimum Gasteiger partial charge on any atom is -0.0843 e. The molecule has 0 aliphatic heterocycles. The molecular weight excluding hydrogens is 120 g/mol. The van der Waals surface area contributed by atoms with Crippen LogP contribution in [0.25, 0.3) is 0 Å². The first-order chi connectivity index (χ1) is 3.39. The largest absolute Gasteiger partial charge is 0.0843 e. The molecule has 0 saturated carbocycles. The summed E-state index contributed by atoms with van der Waals surface area (Å²) in [5.74, 6) is 0. The second-order valence-electron chi connectivity index (χ2n) is 1.30. The van der Waals surface area contributed by atoms with Crippen LogP contribution in [-0.2, 0) is 0 Å². The Labute approximate surface area is 55.1 Å². The van der Waals surface area contributed by atoms with Crippen LogP contribution >= 0.6 is 11.6 Å². The van der Waals surface area contributed by atoms with Crippen molar-refractivity contribution in [1.82, 2.24) is 0 Å². The lowest BCUT2D eigenvalue weighted by atomic mass is 10.4. The van der Waals surface area contributed by atoms with Gasteiger partial charge in [-0.15, -0.1) is 0 Å². The van der Waals surface area contributed by atoms with Gasteiger partial charge < -0.3 is 0 Å². The summed E-state index contributed by atoms with van der Waals surface area (Å²) in [5.41, 5.74) is 0. The summed E-state index contributed by atoms with van der Waals surface area (Å²) < 4.78 is 0. The Morgan fingerprint density at radius 2 is 1.50 bits per heavy atom. The van der Waals surface area contributed by atoms with E-state index in [-0.39, 0.29) is 7.43 Å². The van der Waals surface area contributed by atoms with Gasteiger partial charge in [0.1, 0.15) is 0 Å². The molecule has 0 nitrogen and oxygen atoms in total. The summed E-state index contributed by atoms with van der Waals surface area (Å²) in [4.78, 5) is 0. The van der Waals surface area contributed by atoms with Crippen molar-refractivity contribution in [3.05, 3.63) is 42.8 Å². The van der Waals surface area contributed by atoms with Gasteiger partial charge in [0.05, 0.1) is 0 Å². The molecule has 0 bridgehead atoms. The van der Waals surface area contributed by atoms with Gasteiger partial charge in [-0.05, 0) is 12.1 Å². The van der Waals surface area contributed by atoms with Gasteiger partial charge in [0.2, 0.25) is 0 Å². The minimum absolute atomic E-state index is 0. The summed E-state index contributed by atoms with van der Waals surface area (Å²) in [7, 11) is 0. The maximum absolute atomic E-state index is 5.54. The molecule has 0 aromatic heterocycles. The van der Waals surface area contributed by atoms with Crippen molar-refractivity contribution < 1.29 is 0 Å². The predicted octanol–water partition coefficient (Wildman–Crippen LogP) is 2.79. The number of hydrogen-bond donors (Lipinski definition) is 0. The zero-order chi connectivity index (χ0) is 5.11. The van der Waals surface area contributed by atoms with Crippen LogP contribution in [-0.4, -0.2) is 0 Å². The van der Waals surface area contributed by atoms with Gasteiger partial charge in [0.25, 0.3) is 0 Å². The molecular formula is C7H8Cl. The van der Waals surface area contributed by atoms with E-state index in [1.54, 1.807) is 0 Å². The smallest absolute Gasteiger partial charge is 0.0405 e. The molecule has 1 heteroatoms. The molecule has 0 spiro atoms. The van der Waals surface area contributed by atoms with Crippen molar-refractivity contribution in [3.63, 3.8) is 0 Å². The maximum atomic E-state index is 5.54. The molecule has 0 N–H and O–H groups in total. The highest BCUT2D eigenvalue weighted by atomic mass is 35.5.